The Morgan fingerprint density at radius 1 is 1.22 bits per heavy atom. The van der Waals surface area contributed by atoms with Crippen molar-refractivity contribution in [2.75, 3.05) is 39.9 Å². The maximum atomic E-state index is 12.7. The second-order valence-electron chi connectivity index (χ2n) is 8.15. The summed E-state index contributed by atoms with van der Waals surface area (Å²) >= 11 is 0. The molecule has 27 heavy (non-hydrogen) atoms. The van der Waals surface area contributed by atoms with E-state index in [0.29, 0.717) is 6.61 Å². The maximum Gasteiger partial charge on any atom is 0.248 e. The first-order valence-electron chi connectivity index (χ1n) is 10.2. The molecule has 1 atom stereocenters. The van der Waals surface area contributed by atoms with Gasteiger partial charge in [0.15, 0.2) is 0 Å². The number of hydrogen-bond acceptors (Lipinski definition) is 3. The monoisotopic (exact) mass is 372 g/mol. The van der Waals surface area contributed by atoms with Crippen LogP contribution in [0.25, 0.3) is 0 Å². The number of unbranched alkanes of at least 4 members (excludes halogenated alkanes) is 1. The quantitative estimate of drug-likeness (QED) is 0.721. The van der Waals surface area contributed by atoms with Crippen LogP contribution in [-0.4, -0.2) is 61.5 Å². The van der Waals surface area contributed by atoms with Crippen molar-refractivity contribution >= 4 is 11.8 Å². The first-order chi connectivity index (χ1) is 13.0. The van der Waals surface area contributed by atoms with Crippen molar-refractivity contribution in [1.82, 2.24) is 9.80 Å². The molecule has 1 aromatic rings. The Kier molecular flexibility index (Phi) is 6.53. The van der Waals surface area contributed by atoms with Gasteiger partial charge in [-0.15, -0.1) is 0 Å². The average Bonchev–Trinajstić information content (AvgIpc) is 2.69. The Balaban J connectivity index is 1.59. The van der Waals surface area contributed by atoms with E-state index in [1.165, 1.54) is 0 Å². The van der Waals surface area contributed by atoms with Gasteiger partial charge in [0.1, 0.15) is 6.61 Å². The van der Waals surface area contributed by atoms with E-state index < -0.39 is 0 Å². The van der Waals surface area contributed by atoms with Crippen molar-refractivity contribution in [3.05, 3.63) is 35.9 Å². The molecule has 2 saturated heterocycles. The lowest BCUT2D eigenvalue weighted by molar-refractivity contribution is -0.144. The van der Waals surface area contributed by atoms with E-state index >= 15 is 0 Å². The summed E-state index contributed by atoms with van der Waals surface area (Å²) in [6.45, 7) is 5.29. The molecule has 0 saturated carbocycles. The third kappa shape index (κ3) is 4.70. The SMILES string of the molecule is CCCCOCC(=O)N1CCC2(CC1)C[C@H](c1ccccc1)C(=O)N(C)C2. The van der Waals surface area contributed by atoms with Gasteiger partial charge in [-0.3, -0.25) is 9.59 Å². The standard InChI is InChI=1S/C22H32N2O3/c1-3-4-14-27-16-20(25)24-12-10-22(11-13-24)15-19(21(26)23(2)17-22)18-8-6-5-7-9-18/h5-9,19H,3-4,10-17H2,1-2H3/t19-/m1/s1. The number of ether oxygens (including phenoxy) is 1. The second kappa shape index (κ2) is 8.87. The average molecular weight is 373 g/mol. The van der Waals surface area contributed by atoms with Crippen LogP contribution in [0.2, 0.25) is 0 Å². The molecule has 2 aliphatic heterocycles. The third-order valence-electron chi connectivity index (χ3n) is 6.13. The summed E-state index contributed by atoms with van der Waals surface area (Å²) in [5, 5.41) is 0. The summed E-state index contributed by atoms with van der Waals surface area (Å²) < 4.78 is 5.49. The lowest BCUT2D eigenvalue weighted by Gasteiger charge is -2.49. The Labute approximate surface area is 162 Å². The normalized spacial score (nSPS) is 22.3. The number of carbonyl (C=O) groups excluding carboxylic acids is 2. The van der Waals surface area contributed by atoms with Crippen molar-refractivity contribution in [1.29, 1.82) is 0 Å². The fourth-order valence-electron chi connectivity index (χ4n) is 4.47. The number of piperidine rings is 2. The second-order valence-corrected chi connectivity index (χ2v) is 8.15. The van der Waals surface area contributed by atoms with Gasteiger partial charge in [0.25, 0.3) is 0 Å². The number of amides is 2. The molecule has 3 rings (SSSR count). The maximum absolute atomic E-state index is 12.7. The molecule has 5 nitrogen and oxygen atoms in total. The lowest BCUT2D eigenvalue weighted by Crippen LogP contribution is -2.53. The topological polar surface area (TPSA) is 49.9 Å². The van der Waals surface area contributed by atoms with Crippen molar-refractivity contribution in [3.8, 4) is 0 Å². The number of nitrogens with zero attached hydrogens (tertiary/aromatic N) is 2. The minimum atomic E-state index is -0.0652. The molecule has 0 unspecified atom stereocenters. The molecule has 0 aromatic heterocycles. The first-order valence-corrected chi connectivity index (χ1v) is 10.2. The molecule has 148 valence electrons. The summed E-state index contributed by atoms with van der Waals surface area (Å²) in [6.07, 6.45) is 4.87. The molecule has 1 spiro atoms. The van der Waals surface area contributed by atoms with Crippen LogP contribution in [0, 0.1) is 5.41 Å². The molecule has 0 radical (unpaired) electrons. The molecule has 0 aliphatic carbocycles. The van der Waals surface area contributed by atoms with Gasteiger partial charge in [0, 0.05) is 33.3 Å². The molecule has 2 fully saturated rings. The minimum absolute atomic E-state index is 0.0652. The van der Waals surface area contributed by atoms with E-state index in [9.17, 15) is 9.59 Å². The zero-order chi connectivity index (χ0) is 19.3. The van der Waals surface area contributed by atoms with E-state index in [-0.39, 0.29) is 29.8 Å². The Morgan fingerprint density at radius 3 is 2.59 bits per heavy atom. The number of likely N-dealkylation sites (tertiary alicyclic amines) is 2. The van der Waals surface area contributed by atoms with Crippen LogP contribution in [0.4, 0.5) is 0 Å². The fourth-order valence-corrected chi connectivity index (χ4v) is 4.47. The molecule has 5 heteroatoms. The molecule has 2 aliphatic rings. The van der Waals surface area contributed by atoms with Crippen molar-refractivity contribution in [2.24, 2.45) is 5.41 Å². The van der Waals surface area contributed by atoms with Crippen LogP contribution < -0.4 is 0 Å². The van der Waals surface area contributed by atoms with E-state index in [1.54, 1.807) is 0 Å². The van der Waals surface area contributed by atoms with Crippen LogP contribution in [-0.2, 0) is 14.3 Å². The number of likely N-dealkylation sites (N-methyl/N-ethyl adjacent to an activating group) is 1. The van der Waals surface area contributed by atoms with Crippen molar-refractivity contribution in [2.45, 2.75) is 44.9 Å². The molecule has 0 bridgehead atoms. The van der Waals surface area contributed by atoms with Crippen molar-refractivity contribution in [3.63, 3.8) is 0 Å². The zero-order valence-electron chi connectivity index (χ0n) is 16.7. The molecule has 0 N–H and O–H groups in total. The molecule has 1 aromatic carbocycles. The fraction of sp³-hybridized carbons (Fsp3) is 0.636. The first kappa shape index (κ1) is 19.9. The Hall–Kier alpha value is -1.88. The smallest absolute Gasteiger partial charge is 0.248 e. The van der Waals surface area contributed by atoms with Crippen LogP contribution in [0.1, 0.15) is 50.5 Å². The van der Waals surface area contributed by atoms with Gasteiger partial charge < -0.3 is 14.5 Å². The highest BCUT2D eigenvalue weighted by molar-refractivity contribution is 5.84. The van der Waals surface area contributed by atoms with E-state index in [1.807, 2.05) is 35.0 Å². The minimum Gasteiger partial charge on any atom is -0.372 e. The number of hydrogen-bond donors (Lipinski definition) is 0. The highest BCUT2D eigenvalue weighted by Crippen LogP contribution is 2.45. The summed E-state index contributed by atoms with van der Waals surface area (Å²) in [6, 6.07) is 10.1. The summed E-state index contributed by atoms with van der Waals surface area (Å²) in [7, 11) is 1.91. The predicted octanol–water partition coefficient (Wildman–Crippen LogP) is 3.06. The molecular formula is C22H32N2O3. The predicted molar refractivity (Wildman–Crippen MR) is 105 cm³/mol. The van der Waals surface area contributed by atoms with Gasteiger partial charge in [-0.25, -0.2) is 0 Å². The Bertz CT molecular complexity index is 638. The van der Waals surface area contributed by atoms with E-state index in [4.69, 9.17) is 4.74 Å². The molecule has 2 heterocycles. The van der Waals surface area contributed by atoms with Crippen LogP contribution in [0.5, 0.6) is 0 Å². The summed E-state index contributed by atoms with van der Waals surface area (Å²) in [5.74, 6) is 0.250. The van der Waals surface area contributed by atoms with Gasteiger partial charge in [-0.1, -0.05) is 43.7 Å². The third-order valence-corrected chi connectivity index (χ3v) is 6.13. The van der Waals surface area contributed by atoms with Crippen molar-refractivity contribution < 1.29 is 14.3 Å². The highest BCUT2D eigenvalue weighted by atomic mass is 16.5. The zero-order valence-corrected chi connectivity index (χ0v) is 16.7. The van der Waals surface area contributed by atoms with Crippen LogP contribution in [0.15, 0.2) is 30.3 Å². The van der Waals surface area contributed by atoms with Crippen LogP contribution in [0.3, 0.4) is 0 Å². The van der Waals surface area contributed by atoms with Gasteiger partial charge in [0.05, 0.1) is 5.92 Å². The highest BCUT2D eigenvalue weighted by Gasteiger charge is 2.45. The van der Waals surface area contributed by atoms with Gasteiger partial charge in [0.2, 0.25) is 11.8 Å². The van der Waals surface area contributed by atoms with E-state index in [0.717, 1.165) is 57.3 Å². The van der Waals surface area contributed by atoms with Crippen LogP contribution >= 0.6 is 0 Å². The number of benzene rings is 1. The summed E-state index contributed by atoms with van der Waals surface area (Å²) in [5.41, 5.74) is 1.22. The molecule has 2 amide bonds. The number of carbonyl (C=O) groups is 2. The van der Waals surface area contributed by atoms with Gasteiger partial charge in [-0.2, -0.15) is 0 Å². The van der Waals surface area contributed by atoms with E-state index in [2.05, 4.69) is 19.1 Å². The van der Waals surface area contributed by atoms with Gasteiger partial charge >= 0.3 is 0 Å². The largest absolute Gasteiger partial charge is 0.372 e. The molecular weight excluding hydrogens is 340 g/mol. The summed E-state index contributed by atoms with van der Waals surface area (Å²) in [4.78, 5) is 28.9. The lowest BCUT2D eigenvalue weighted by atomic mass is 9.67. The van der Waals surface area contributed by atoms with Gasteiger partial charge in [-0.05, 0) is 36.7 Å². The number of rotatable bonds is 6. The Morgan fingerprint density at radius 2 is 1.93 bits per heavy atom.